The van der Waals surface area contributed by atoms with Crippen LogP contribution in [0.25, 0.3) is 22.3 Å². The number of benzene rings is 5. The van der Waals surface area contributed by atoms with Gasteiger partial charge in [-0.1, -0.05) is 98.3 Å². The first-order chi connectivity index (χ1) is 18.0. The van der Waals surface area contributed by atoms with E-state index >= 15 is 0 Å². The van der Waals surface area contributed by atoms with Crippen LogP contribution in [0.15, 0.2) is 103 Å². The summed E-state index contributed by atoms with van der Waals surface area (Å²) in [5, 5.41) is 0. The van der Waals surface area contributed by atoms with Gasteiger partial charge < -0.3 is 9.47 Å². The molecule has 5 aromatic rings. The molecule has 0 fully saturated rings. The molecule has 0 atom stereocenters. The van der Waals surface area contributed by atoms with Crippen LogP contribution in [-0.4, -0.2) is 6.71 Å². The van der Waals surface area contributed by atoms with E-state index in [4.69, 9.17) is 9.47 Å². The van der Waals surface area contributed by atoms with Gasteiger partial charge in [-0.05, 0) is 75.8 Å². The van der Waals surface area contributed by atoms with Gasteiger partial charge in [0.1, 0.15) is 23.0 Å². The van der Waals surface area contributed by atoms with E-state index in [9.17, 15) is 0 Å². The molecular formula is C34H27BO2. The molecule has 0 bridgehead atoms. The van der Waals surface area contributed by atoms with Crippen LogP contribution in [0.2, 0.25) is 0 Å². The van der Waals surface area contributed by atoms with E-state index in [2.05, 4.69) is 106 Å². The number of ether oxygens (including phenoxy) is 2. The zero-order chi connectivity index (χ0) is 25.1. The summed E-state index contributed by atoms with van der Waals surface area (Å²) in [6.45, 7) is 6.64. The molecule has 0 spiro atoms. The zero-order valence-corrected chi connectivity index (χ0v) is 21.3. The average molecular weight is 478 g/mol. The van der Waals surface area contributed by atoms with E-state index < -0.39 is 0 Å². The standard InChI is InChI=1S/C34H27BO2/c1-21(2)23-11-13-25(14-12-23)27-16-18-29-33(20-27)37-31-6-4-5-30-34(31)35(29)28-17-15-26(19-32(28)36-30)24-9-7-22(3)8-10-24/h4-21H,1-3H3. The summed E-state index contributed by atoms with van der Waals surface area (Å²) in [7, 11) is 0. The van der Waals surface area contributed by atoms with Crippen LogP contribution in [-0.2, 0) is 0 Å². The molecule has 0 aliphatic carbocycles. The third-order valence-corrected chi connectivity index (χ3v) is 7.70. The summed E-state index contributed by atoms with van der Waals surface area (Å²) in [6.07, 6.45) is 0. The van der Waals surface area contributed by atoms with Gasteiger partial charge in [0.05, 0.1) is 0 Å². The molecule has 7 rings (SSSR count). The normalized spacial score (nSPS) is 12.8. The minimum Gasteiger partial charge on any atom is -0.458 e. The lowest BCUT2D eigenvalue weighted by Crippen LogP contribution is -2.57. The minimum atomic E-state index is 0.0723. The topological polar surface area (TPSA) is 18.5 Å². The van der Waals surface area contributed by atoms with Crippen molar-refractivity contribution in [3.8, 4) is 45.3 Å². The molecule has 2 aliphatic heterocycles. The monoisotopic (exact) mass is 478 g/mol. The summed E-state index contributed by atoms with van der Waals surface area (Å²) in [5.41, 5.74) is 10.8. The Kier molecular flexibility index (Phi) is 5.00. The Hall–Kier alpha value is -4.24. The first kappa shape index (κ1) is 22.0. The molecule has 0 amide bonds. The Morgan fingerprint density at radius 3 is 1.54 bits per heavy atom. The fraction of sp³-hybridized carbons (Fsp3) is 0.118. The smallest absolute Gasteiger partial charge is 0.260 e. The second-order valence-electron chi connectivity index (χ2n) is 10.5. The quantitative estimate of drug-likeness (QED) is 0.251. The summed E-state index contributed by atoms with van der Waals surface area (Å²) >= 11 is 0. The molecule has 3 heteroatoms. The van der Waals surface area contributed by atoms with Crippen LogP contribution in [0.1, 0.15) is 30.9 Å². The van der Waals surface area contributed by atoms with Crippen LogP contribution in [0.5, 0.6) is 23.0 Å². The van der Waals surface area contributed by atoms with Gasteiger partial charge in [0.25, 0.3) is 6.71 Å². The van der Waals surface area contributed by atoms with Crippen LogP contribution in [0, 0.1) is 6.92 Å². The van der Waals surface area contributed by atoms with Gasteiger partial charge in [0.2, 0.25) is 0 Å². The van der Waals surface area contributed by atoms with Crippen molar-refractivity contribution < 1.29 is 9.47 Å². The van der Waals surface area contributed by atoms with Crippen LogP contribution < -0.4 is 25.9 Å². The Labute approximate surface area is 218 Å². The van der Waals surface area contributed by atoms with Crippen molar-refractivity contribution in [1.82, 2.24) is 0 Å². The Morgan fingerprint density at radius 2 is 1.03 bits per heavy atom. The maximum Gasteiger partial charge on any atom is 0.260 e. The van der Waals surface area contributed by atoms with Gasteiger partial charge in [-0.2, -0.15) is 0 Å². The molecular weight excluding hydrogens is 451 g/mol. The summed E-state index contributed by atoms with van der Waals surface area (Å²) in [4.78, 5) is 0. The molecule has 5 aromatic carbocycles. The van der Waals surface area contributed by atoms with E-state index in [1.807, 2.05) is 18.2 Å². The molecule has 2 nitrogen and oxygen atoms in total. The molecule has 0 saturated heterocycles. The molecule has 0 aromatic heterocycles. The highest BCUT2D eigenvalue weighted by Crippen LogP contribution is 2.37. The summed E-state index contributed by atoms with van der Waals surface area (Å²) in [5.74, 6) is 4.09. The van der Waals surface area contributed by atoms with Crippen molar-refractivity contribution in [3.05, 3.63) is 114 Å². The van der Waals surface area contributed by atoms with Crippen molar-refractivity contribution in [3.63, 3.8) is 0 Å². The minimum absolute atomic E-state index is 0.0723. The Morgan fingerprint density at radius 1 is 0.541 bits per heavy atom. The van der Waals surface area contributed by atoms with Gasteiger partial charge in [-0.25, -0.2) is 0 Å². The third-order valence-electron chi connectivity index (χ3n) is 7.70. The van der Waals surface area contributed by atoms with Gasteiger partial charge in [-0.3, -0.25) is 0 Å². The van der Waals surface area contributed by atoms with Crippen molar-refractivity contribution in [2.24, 2.45) is 0 Å². The second-order valence-corrected chi connectivity index (χ2v) is 10.5. The lowest BCUT2D eigenvalue weighted by atomic mass is 9.35. The SMILES string of the molecule is Cc1ccc(-c2ccc3c(c2)Oc2cccc4c2B3c2ccc(-c3ccc(C(C)C)cc3)cc2O4)cc1. The second kappa shape index (κ2) is 8.42. The summed E-state index contributed by atoms with van der Waals surface area (Å²) in [6, 6.07) is 36.9. The van der Waals surface area contributed by atoms with Crippen LogP contribution in [0.3, 0.4) is 0 Å². The highest BCUT2D eigenvalue weighted by Gasteiger charge is 2.40. The number of hydrogen-bond donors (Lipinski definition) is 0. The van der Waals surface area contributed by atoms with Gasteiger partial charge in [0, 0.05) is 5.46 Å². The van der Waals surface area contributed by atoms with Crippen LogP contribution in [0.4, 0.5) is 0 Å². The van der Waals surface area contributed by atoms with Gasteiger partial charge in [0.15, 0.2) is 0 Å². The molecule has 37 heavy (non-hydrogen) atoms. The van der Waals surface area contributed by atoms with Crippen molar-refractivity contribution in [1.29, 1.82) is 0 Å². The lowest BCUT2D eigenvalue weighted by molar-refractivity contribution is 0.464. The lowest BCUT2D eigenvalue weighted by Gasteiger charge is -2.33. The molecule has 178 valence electrons. The first-order valence-corrected chi connectivity index (χ1v) is 13.0. The first-order valence-electron chi connectivity index (χ1n) is 13.0. The zero-order valence-electron chi connectivity index (χ0n) is 21.3. The predicted molar refractivity (Wildman–Crippen MR) is 154 cm³/mol. The molecule has 0 radical (unpaired) electrons. The molecule has 0 saturated carbocycles. The Bertz CT molecular complexity index is 1650. The largest absolute Gasteiger partial charge is 0.458 e. The van der Waals surface area contributed by atoms with Crippen molar-refractivity contribution in [2.75, 3.05) is 0 Å². The van der Waals surface area contributed by atoms with E-state index in [-0.39, 0.29) is 6.71 Å². The molecule has 2 heterocycles. The predicted octanol–water partition coefficient (Wildman–Crippen LogP) is 7.18. The highest BCUT2D eigenvalue weighted by atomic mass is 16.5. The van der Waals surface area contributed by atoms with Crippen molar-refractivity contribution >= 4 is 23.1 Å². The Balaban J connectivity index is 1.33. The third kappa shape index (κ3) is 3.65. The van der Waals surface area contributed by atoms with Crippen molar-refractivity contribution in [2.45, 2.75) is 26.7 Å². The highest BCUT2D eigenvalue weighted by molar-refractivity contribution is 6.98. The fourth-order valence-corrected chi connectivity index (χ4v) is 5.59. The molecule has 0 N–H and O–H groups in total. The number of hydrogen-bond acceptors (Lipinski definition) is 2. The molecule has 0 unspecified atom stereocenters. The fourth-order valence-electron chi connectivity index (χ4n) is 5.59. The van der Waals surface area contributed by atoms with E-state index in [0.29, 0.717) is 5.92 Å². The molecule has 2 aliphatic rings. The van der Waals surface area contributed by atoms with E-state index in [1.165, 1.54) is 33.2 Å². The van der Waals surface area contributed by atoms with Gasteiger partial charge in [-0.15, -0.1) is 0 Å². The number of rotatable bonds is 3. The van der Waals surface area contributed by atoms with Crippen LogP contribution >= 0.6 is 0 Å². The maximum absolute atomic E-state index is 6.49. The van der Waals surface area contributed by atoms with Gasteiger partial charge >= 0.3 is 0 Å². The van der Waals surface area contributed by atoms with E-state index in [1.54, 1.807) is 0 Å². The average Bonchev–Trinajstić information content (AvgIpc) is 2.92. The maximum atomic E-state index is 6.49. The van der Waals surface area contributed by atoms with E-state index in [0.717, 1.165) is 39.6 Å². The number of fused-ring (bicyclic) bond motifs is 4. The number of aryl methyl sites for hydroxylation is 1. The summed E-state index contributed by atoms with van der Waals surface area (Å²) < 4.78 is 13.0.